The predicted molar refractivity (Wildman–Crippen MR) is 85.6 cm³/mol. The zero-order chi connectivity index (χ0) is 15.5. The van der Waals surface area contributed by atoms with Gasteiger partial charge in [-0.1, -0.05) is 35.0 Å². The van der Waals surface area contributed by atoms with Gasteiger partial charge in [-0.15, -0.1) is 5.10 Å². The number of benzene rings is 2. The molecule has 1 amide bonds. The van der Waals surface area contributed by atoms with Crippen molar-refractivity contribution in [3.63, 3.8) is 0 Å². The molecule has 0 unspecified atom stereocenters. The Morgan fingerprint density at radius 2 is 1.95 bits per heavy atom. The van der Waals surface area contributed by atoms with Gasteiger partial charge in [0, 0.05) is 18.7 Å². The van der Waals surface area contributed by atoms with E-state index in [4.69, 9.17) is 0 Å². The van der Waals surface area contributed by atoms with Crippen LogP contribution in [-0.4, -0.2) is 20.9 Å². The summed E-state index contributed by atoms with van der Waals surface area (Å²) in [4.78, 5) is 12.2. The number of nitrogens with zero attached hydrogens (tertiary/aromatic N) is 3. The van der Waals surface area contributed by atoms with Crippen LogP contribution in [0, 0.1) is 6.92 Å². The zero-order valence-electron chi connectivity index (χ0n) is 12.7. The first-order valence-electron chi connectivity index (χ1n) is 7.34. The first-order valence-corrected chi connectivity index (χ1v) is 7.34. The van der Waals surface area contributed by atoms with Crippen LogP contribution in [0.3, 0.4) is 0 Å². The van der Waals surface area contributed by atoms with Crippen LogP contribution in [0.25, 0.3) is 11.0 Å². The van der Waals surface area contributed by atoms with Crippen LogP contribution in [0.5, 0.6) is 0 Å². The Kier molecular flexibility index (Phi) is 3.87. The number of nitrogens with one attached hydrogen (secondary N) is 1. The van der Waals surface area contributed by atoms with Gasteiger partial charge in [-0.2, -0.15) is 0 Å². The molecule has 5 heteroatoms. The number of carbonyl (C=O) groups excluding carboxylic acids is 1. The second-order valence-corrected chi connectivity index (χ2v) is 5.28. The van der Waals surface area contributed by atoms with Crippen LogP contribution >= 0.6 is 0 Å². The molecule has 0 fully saturated rings. The molecular formula is C17H18N4O. The summed E-state index contributed by atoms with van der Waals surface area (Å²) in [5, 5.41) is 11.1. The van der Waals surface area contributed by atoms with Gasteiger partial charge >= 0.3 is 0 Å². The summed E-state index contributed by atoms with van der Waals surface area (Å²) in [6.45, 7) is 5.33. The molecule has 1 aromatic heterocycles. The fourth-order valence-electron chi connectivity index (χ4n) is 2.34. The van der Waals surface area contributed by atoms with Crippen molar-refractivity contribution in [2.24, 2.45) is 0 Å². The maximum Gasteiger partial charge on any atom is 0.251 e. The molecule has 3 aromatic rings. The van der Waals surface area contributed by atoms with Gasteiger partial charge < -0.3 is 5.32 Å². The van der Waals surface area contributed by atoms with Crippen LogP contribution in [-0.2, 0) is 13.1 Å². The van der Waals surface area contributed by atoms with Gasteiger partial charge in [-0.3, -0.25) is 4.79 Å². The zero-order valence-corrected chi connectivity index (χ0v) is 12.7. The number of aryl methyl sites for hydroxylation is 2. The largest absolute Gasteiger partial charge is 0.348 e. The fraction of sp³-hybridized carbons (Fsp3) is 0.235. The topological polar surface area (TPSA) is 59.8 Å². The highest BCUT2D eigenvalue weighted by molar-refractivity contribution is 5.97. The highest BCUT2D eigenvalue weighted by atomic mass is 16.1. The van der Waals surface area contributed by atoms with Crippen LogP contribution in [0.2, 0.25) is 0 Å². The summed E-state index contributed by atoms with van der Waals surface area (Å²) in [5.74, 6) is -0.103. The average molecular weight is 294 g/mol. The van der Waals surface area contributed by atoms with Gasteiger partial charge in [-0.25, -0.2) is 4.68 Å². The quantitative estimate of drug-likeness (QED) is 0.805. The van der Waals surface area contributed by atoms with Crippen molar-refractivity contribution in [1.29, 1.82) is 0 Å². The van der Waals surface area contributed by atoms with Crippen molar-refractivity contribution < 1.29 is 4.79 Å². The normalized spacial score (nSPS) is 10.8. The van der Waals surface area contributed by atoms with E-state index in [-0.39, 0.29) is 5.91 Å². The molecule has 2 aromatic carbocycles. The van der Waals surface area contributed by atoms with E-state index in [9.17, 15) is 4.79 Å². The standard InChI is InChI=1S/C17H18N4O/c1-3-21-16-9-8-14(10-15(16)19-20-21)17(22)18-11-13-6-4-12(2)5-7-13/h4-10H,3,11H2,1-2H3,(H,18,22). The van der Waals surface area contributed by atoms with E-state index in [1.165, 1.54) is 5.56 Å². The first-order chi connectivity index (χ1) is 10.7. The Balaban J connectivity index is 1.73. The highest BCUT2D eigenvalue weighted by Crippen LogP contribution is 2.13. The molecule has 0 bridgehead atoms. The third kappa shape index (κ3) is 2.83. The van der Waals surface area contributed by atoms with Crippen molar-refractivity contribution in [2.75, 3.05) is 0 Å². The lowest BCUT2D eigenvalue weighted by molar-refractivity contribution is 0.0951. The molecular weight excluding hydrogens is 276 g/mol. The third-order valence-corrected chi connectivity index (χ3v) is 3.65. The molecule has 112 valence electrons. The molecule has 0 saturated heterocycles. The second-order valence-electron chi connectivity index (χ2n) is 5.28. The monoisotopic (exact) mass is 294 g/mol. The molecule has 0 radical (unpaired) electrons. The molecule has 1 heterocycles. The molecule has 0 spiro atoms. The Hall–Kier alpha value is -2.69. The van der Waals surface area contributed by atoms with E-state index < -0.39 is 0 Å². The first kappa shape index (κ1) is 14.3. The minimum absolute atomic E-state index is 0.103. The minimum Gasteiger partial charge on any atom is -0.348 e. The summed E-state index contributed by atoms with van der Waals surface area (Å²) in [6, 6.07) is 13.6. The molecule has 1 N–H and O–H groups in total. The number of hydrogen-bond acceptors (Lipinski definition) is 3. The lowest BCUT2D eigenvalue weighted by Crippen LogP contribution is -2.22. The number of fused-ring (bicyclic) bond motifs is 1. The maximum atomic E-state index is 12.2. The molecule has 22 heavy (non-hydrogen) atoms. The van der Waals surface area contributed by atoms with Gasteiger partial charge in [-0.05, 0) is 37.6 Å². The number of amides is 1. The van der Waals surface area contributed by atoms with Crippen LogP contribution in [0.4, 0.5) is 0 Å². The number of rotatable bonds is 4. The van der Waals surface area contributed by atoms with E-state index >= 15 is 0 Å². The van der Waals surface area contributed by atoms with Crippen molar-refractivity contribution in [3.05, 3.63) is 59.2 Å². The number of carbonyl (C=O) groups is 1. The van der Waals surface area contributed by atoms with Gasteiger partial charge in [0.25, 0.3) is 5.91 Å². The highest BCUT2D eigenvalue weighted by Gasteiger charge is 2.09. The van der Waals surface area contributed by atoms with E-state index in [1.54, 1.807) is 6.07 Å². The second kappa shape index (κ2) is 5.97. The lowest BCUT2D eigenvalue weighted by atomic mass is 10.1. The summed E-state index contributed by atoms with van der Waals surface area (Å²) in [5.41, 5.74) is 4.57. The average Bonchev–Trinajstić information content (AvgIpc) is 2.96. The summed E-state index contributed by atoms with van der Waals surface area (Å²) >= 11 is 0. The number of hydrogen-bond donors (Lipinski definition) is 1. The molecule has 0 atom stereocenters. The van der Waals surface area contributed by atoms with Crippen LogP contribution < -0.4 is 5.32 Å². The lowest BCUT2D eigenvalue weighted by Gasteiger charge is -2.06. The Morgan fingerprint density at radius 1 is 1.18 bits per heavy atom. The molecule has 0 aliphatic heterocycles. The summed E-state index contributed by atoms with van der Waals surface area (Å²) < 4.78 is 1.81. The minimum atomic E-state index is -0.103. The Morgan fingerprint density at radius 3 is 2.68 bits per heavy atom. The SMILES string of the molecule is CCn1nnc2cc(C(=O)NCc3ccc(C)cc3)ccc21. The third-order valence-electron chi connectivity index (χ3n) is 3.65. The summed E-state index contributed by atoms with van der Waals surface area (Å²) in [6.07, 6.45) is 0. The van der Waals surface area contributed by atoms with Crippen molar-refractivity contribution in [2.45, 2.75) is 26.9 Å². The smallest absolute Gasteiger partial charge is 0.251 e. The molecule has 5 nitrogen and oxygen atoms in total. The maximum absolute atomic E-state index is 12.2. The van der Waals surface area contributed by atoms with Crippen LogP contribution in [0.1, 0.15) is 28.4 Å². The van der Waals surface area contributed by atoms with Gasteiger partial charge in [0.05, 0.1) is 5.52 Å². The Bertz CT molecular complexity index is 805. The van der Waals surface area contributed by atoms with E-state index in [2.05, 4.69) is 15.6 Å². The Labute approximate surface area is 129 Å². The van der Waals surface area contributed by atoms with E-state index in [1.807, 2.05) is 54.9 Å². The van der Waals surface area contributed by atoms with Gasteiger partial charge in [0.2, 0.25) is 0 Å². The predicted octanol–water partition coefficient (Wildman–Crippen LogP) is 2.69. The fourth-order valence-corrected chi connectivity index (χ4v) is 2.34. The molecule has 0 saturated carbocycles. The number of aromatic nitrogens is 3. The summed E-state index contributed by atoms with van der Waals surface area (Å²) in [7, 11) is 0. The molecule has 3 rings (SSSR count). The van der Waals surface area contributed by atoms with Crippen molar-refractivity contribution >= 4 is 16.9 Å². The van der Waals surface area contributed by atoms with Gasteiger partial charge in [0.15, 0.2) is 0 Å². The molecule has 0 aliphatic rings. The van der Waals surface area contributed by atoms with Gasteiger partial charge in [0.1, 0.15) is 5.52 Å². The van der Waals surface area contributed by atoms with Crippen molar-refractivity contribution in [3.8, 4) is 0 Å². The molecule has 0 aliphatic carbocycles. The van der Waals surface area contributed by atoms with Crippen molar-refractivity contribution in [1.82, 2.24) is 20.3 Å². The van der Waals surface area contributed by atoms with E-state index in [0.29, 0.717) is 12.1 Å². The van der Waals surface area contributed by atoms with Crippen LogP contribution in [0.15, 0.2) is 42.5 Å². The van der Waals surface area contributed by atoms with E-state index in [0.717, 1.165) is 23.1 Å².